The Balaban J connectivity index is 2.23. The second-order valence-electron chi connectivity index (χ2n) is 11.2. The van der Waals surface area contributed by atoms with Crippen LogP contribution >= 0.6 is 11.8 Å². The predicted octanol–water partition coefficient (Wildman–Crippen LogP) is 5.48. The summed E-state index contributed by atoms with van der Waals surface area (Å²) in [6, 6.07) is 6.89. The minimum atomic E-state index is 0.169. The molecule has 0 bridgehead atoms. The molecule has 1 fully saturated rings. The van der Waals surface area contributed by atoms with Gasteiger partial charge >= 0.3 is 0 Å². The van der Waals surface area contributed by atoms with Crippen LogP contribution in [0, 0.1) is 23.2 Å². The zero-order valence-electron chi connectivity index (χ0n) is 25.9. The van der Waals surface area contributed by atoms with E-state index in [1.54, 1.807) is 0 Å². The molecular weight excluding hydrogens is 514 g/mol. The molecule has 0 saturated carbocycles. The molecule has 0 spiro atoms. The van der Waals surface area contributed by atoms with Crippen molar-refractivity contribution in [1.29, 1.82) is 5.41 Å². The molecule has 6 atom stereocenters. The lowest BCUT2D eigenvalue weighted by Crippen LogP contribution is -2.57. The fourth-order valence-corrected chi connectivity index (χ4v) is 6.42. The van der Waals surface area contributed by atoms with Crippen molar-refractivity contribution in [3.05, 3.63) is 66.3 Å². The van der Waals surface area contributed by atoms with Crippen molar-refractivity contribution in [2.45, 2.75) is 57.5 Å². The van der Waals surface area contributed by atoms with Gasteiger partial charge in [0.25, 0.3) is 0 Å². The summed E-state index contributed by atoms with van der Waals surface area (Å²) in [5, 5.41) is 14.0. The monoisotopic (exact) mass is 569 g/mol. The quantitative estimate of drug-likeness (QED) is 0.0693. The summed E-state index contributed by atoms with van der Waals surface area (Å²) in [6.07, 6.45) is 17.3. The van der Waals surface area contributed by atoms with E-state index in [2.05, 4.69) is 115 Å². The van der Waals surface area contributed by atoms with E-state index < -0.39 is 0 Å². The molecule has 0 aliphatic carbocycles. The molecule has 1 aliphatic rings. The zero-order valence-corrected chi connectivity index (χ0v) is 26.7. The first kappa shape index (κ1) is 34.3. The van der Waals surface area contributed by atoms with Gasteiger partial charge in [-0.15, -0.1) is 6.58 Å². The van der Waals surface area contributed by atoms with Gasteiger partial charge in [-0.2, -0.15) is 11.8 Å². The van der Waals surface area contributed by atoms with Crippen LogP contribution < -0.4 is 21.6 Å². The van der Waals surface area contributed by atoms with Crippen molar-refractivity contribution in [3.63, 3.8) is 0 Å². The smallest absolute Gasteiger partial charge is 0.0751 e. The summed E-state index contributed by atoms with van der Waals surface area (Å²) in [5.74, 6) is 1.25. The average Bonchev–Trinajstić information content (AvgIpc) is 2.94. The molecule has 1 aliphatic heterocycles. The van der Waals surface area contributed by atoms with Crippen molar-refractivity contribution >= 4 is 23.7 Å². The summed E-state index contributed by atoms with van der Waals surface area (Å²) < 4.78 is 0. The summed E-state index contributed by atoms with van der Waals surface area (Å²) in [5.41, 5.74) is 13.7. The number of rotatable bonds is 18. The number of hydrogen-bond acceptors (Lipinski definition) is 8. The SMILES string of the molecule is C=CC(C)C(CN1CCC[C@@H](C(NC(C)c2ccc(NNC)c(CC(C=CC=N)/C=C\C)c2)NN(C)C)C1)SC. The van der Waals surface area contributed by atoms with Gasteiger partial charge < -0.3 is 15.7 Å². The summed E-state index contributed by atoms with van der Waals surface area (Å²) in [4.78, 5) is 2.66. The Bertz CT molecular complexity index is 947. The lowest BCUT2D eigenvalue weighted by Gasteiger charge is -2.41. The van der Waals surface area contributed by atoms with E-state index in [0.29, 0.717) is 17.1 Å². The molecular formula is C32H55N7S. The van der Waals surface area contributed by atoms with Crippen LogP contribution in [0.3, 0.4) is 0 Å². The lowest BCUT2D eigenvalue weighted by molar-refractivity contribution is 0.0906. The highest BCUT2D eigenvalue weighted by atomic mass is 32.2. The average molecular weight is 570 g/mol. The van der Waals surface area contributed by atoms with E-state index in [4.69, 9.17) is 5.41 Å². The van der Waals surface area contributed by atoms with E-state index in [1.165, 1.54) is 36.7 Å². The molecule has 5 N–H and O–H groups in total. The molecule has 1 saturated heterocycles. The lowest BCUT2D eigenvalue weighted by atomic mass is 9.92. The number of hydrazine groups is 2. The molecule has 1 aromatic carbocycles. The number of hydrogen-bond donors (Lipinski definition) is 5. The molecule has 1 aromatic rings. The highest BCUT2D eigenvalue weighted by Gasteiger charge is 2.30. The van der Waals surface area contributed by atoms with Gasteiger partial charge in [-0.3, -0.25) is 5.32 Å². The molecule has 224 valence electrons. The van der Waals surface area contributed by atoms with Crippen LogP contribution in [0.25, 0.3) is 0 Å². The number of anilines is 1. The van der Waals surface area contributed by atoms with Crippen molar-refractivity contribution in [1.82, 2.24) is 26.1 Å². The standard InChI is InChI=1S/C32H55N7S/c1-9-13-26(14-11-18-33)20-29-21-27(16-17-30(29)36-34-5)25(4)35-32(37-38(6)7)28-15-12-19-39(22-28)23-31(40-8)24(3)10-2/h9-11,13-14,16-18,21,24-26,28,31-37H,2,12,15,19-20,22-23H2,1,3-8H3/b13-9-,14-11?,33-18?/t24?,25?,26?,28-,31?,32?/m1/s1. The zero-order chi connectivity index (χ0) is 29.5. The van der Waals surface area contributed by atoms with Gasteiger partial charge in [0.05, 0.1) is 11.9 Å². The Hall–Kier alpha value is -1.94. The number of nitrogens with one attached hydrogen (secondary N) is 5. The van der Waals surface area contributed by atoms with Crippen LogP contribution in [-0.2, 0) is 6.42 Å². The molecule has 0 radical (unpaired) electrons. The third-order valence-electron chi connectivity index (χ3n) is 7.78. The summed E-state index contributed by atoms with van der Waals surface area (Å²) in [6.45, 7) is 14.0. The van der Waals surface area contributed by atoms with Gasteiger partial charge in [-0.1, -0.05) is 43.4 Å². The van der Waals surface area contributed by atoms with Crippen LogP contribution in [-0.4, -0.2) is 74.6 Å². The number of benzene rings is 1. The van der Waals surface area contributed by atoms with E-state index >= 15 is 0 Å². The van der Waals surface area contributed by atoms with E-state index in [-0.39, 0.29) is 18.1 Å². The highest BCUT2D eigenvalue weighted by Crippen LogP contribution is 2.28. The molecule has 40 heavy (non-hydrogen) atoms. The van der Waals surface area contributed by atoms with E-state index in [9.17, 15) is 0 Å². The number of thioether (sulfide) groups is 1. The maximum Gasteiger partial charge on any atom is 0.0751 e. The molecule has 7 nitrogen and oxygen atoms in total. The normalized spacial score (nSPS) is 20.4. The first-order valence-corrected chi connectivity index (χ1v) is 16.0. The minimum absolute atomic E-state index is 0.169. The van der Waals surface area contributed by atoms with Gasteiger partial charge in [0.15, 0.2) is 0 Å². The fraction of sp³-hybridized carbons (Fsp3) is 0.594. The first-order chi connectivity index (χ1) is 19.3. The van der Waals surface area contributed by atoms with Crippen LogP contribution in [0.1, 0.15) is 50.8 Å². The Labute approximate surface area is 248 Å². The maximum atomic E-state index is 7.40. The third-order valence-corrected chi connectivity index (χ3v) is 8.96. The van der Waals surface area contributed by atoms with Crippen molar-refractivity contribution in [2.24, 2.45) is 17.8 Å². The highest BCUT2D eigenvalue weighted by molar-refractivity contribution is 7.99. The molecule has 0 amide bonds. The van der Waals surface area contributed by atoms with E-state index in [1.807, 2.05) is 31.8 Å². The van der Waals surface area contributed by atoms with Crippen molar-refractivity contribution < 1.29 is 0 Å². The number of likely N-dealkylation sites (tertiary alicyclic amines) is 1. The van der Waals surface area contributed by atoms with Crippen LogP contribution in [0.4, 0.5) is 5.69 Å². The van der Waals surface area contributed by atoms with Gasteiger partial charge in [-0.05, 0) is 81.0 Å². The Kier molecular flexibility index (Phi) is 15.8. The summed E-state index contributed by atoms with van der Waals surface area (Å²) >= 11 is 1.96. The van der Waals surface area contributed by atoms with Crippen LogP contribution in [0.2, 0.25) is 0 Å². The number of nitrogens with zero attached hydrogens (tertiary/aromatic N) is 2. The first-order valence-electron chi connectivity index (χ1n) is 14.7. The second-order valence-corrected chi connectivity index (χ2v) is 12.2. The second kappa shape index (κ2) is 18.5. The van der Waals surface area contributed by atoms with Gasteiger partial charge in [0, 0.05) is 57.7 Å². The van der Waals surface area contributed by atoms with Crippen molar-refractivity contribution in [3.8, 4) is 0 Å². The molecule has 8 heteroatoms. The largest absolute Gasteiger partial charge is 0.321 e. The van der Waals surface area contributed by atoms with Gasteiger partial charge in [0.2, 0.25) is 0 Å². The third kappa shape index (κ3) is 11.1. The van der Waals surface area contributed by atoms with Crippen LogP contribution in [0.15, 0.2) is 55.2 Å². The Morgan fingerprint density at radius 1 is 1.25 bits per heavy atom. The summed E-state index contributed by atoms with van der Waals surface area (Å²) in [7, 11) is 6.05. The Morgan fingerprint density at radius 3 is 2.65 bits per heavy atom. The predicted molar refractivity (Wildman–Crippen MR) is 177 cm³/mol. The topological polar surface area (TPSA) is 78.4 Å². The molecule has 0 aromatic heterocycles. The minimum Gasteiger partial charge on any atom is -0.321 e. The number of allylic oxidation sites excluding steroid dienone is 5. The van der Waals surface area contributed by atoms with Gasteiger partial charge in [-0.25, -0.2) is 15.9 Å². The molecule has 2 rings (SSSR count). The molecule has 5 unspecified atom stereocenters. The van der Waals surface area contributed by atoms with Crippen LogP contribution in [0.5, 0.6) is 0 Å². The van der Waals surface area contributed by atoms with E-state index in [0.717, 1.165) is 25.2 Å². The fourth-order valence-electron chi connectivity index (χ4n) is 5.52. The Morgan fingerprint density at radius 2 is 2.02 bits per heavy atom. The number of piperidine rings is 1. The maximum absolute atomic E-state index is 7.40. The molecule has 1 heterocycles. The van der Waals surface area contributed by atoms with Gasteiger partial charge in [0.1, 0.15) is 0 Å². The van der Waals surface area contributed by atoms with Crippen molar-refractivity contribution in [2.75, 3.05) is 52.5 Å².